The summed E-state index contributed by atoms with van der Waals surface area (Å²) < 4.78 is 32.1. The molecule has 0 saturated carbocycles. The molecule has 3 aromatic rings. The molecule has 2 nitrogen and oxygen atoms in total. The van der Waals surface area contributed by atoms with E-state index >= 15 is 0 Å². The van der Waals surface area contributed by atoms with Crippen molar-refractivity contribution in [1.82, 2.24) is 0 Å². The monoisotopic (exact) mass is 366 g/mol. The first-order valence-corrected chi connectivity index (χ1v) is 8.84. The summed E-state index contributed by atoms with van der Waals surface area (Å²) >= 11 is 0. The van der Waals surface area contributed by atoms with Crippen LogP contribution < -0.4 is 4.74 Å². The molecule has 3 aromatic carbocycles. The zero-order chi connectivity index (χ0) is 19.2. The number of hydrogen-bond donors (Lipinski definition) is 0. The molecule has 27 heavy (non-hydrogen) atoms. The lowest BCUT2D eigenvalue weighted by Gasteiger charge is -2.14. The highest BCUT2D eigenvalue weighted by molar-refractivity contribution is 6.00. The van der Waals surface area contributed by atoms with Crippen LogP contribution in [0.5, 0.6) is 5.75 Å². The van der Waals surface area contributed by atoms with Crippen LogP contribution in [-0.4, -0.2) is 5.78 Å². The molecule has 4 heteroatoms. The minimum atomic E-state index is -0.614. The lowest BCUT2D eigenvalue weighted by Crippen LogP contribution is -2.12. The van der Waals surface area contributed by atoms with E-state index in [-0.39, 0.29) is 24.1 Å². The topological polar surface area (TPSA) is 26.3 Å². The highest BCUT2D eigenvalue weighted by Crippen LogP contribution is 2.25. The number of hydrogen-bond acceptors (Lipinski definition) is 2. The number of benzene rings is 3. The van der Waals surface area contributed by atoms with Crippen LogP contribution in [0.3, 0.4) is 0 Å². The second-order valence-electron chi connectivity index (χ2n) is 6.30. The van der Waals surface area contributed by atoms with Gasteiger partial charge in [0.2, 0.25) is 0 Å². The van der Waals surface area contributed by atoms with E-state index in [2.05, 4.69) is 0 Å². The molecule has 1 atom stereocenters. The van der Waals surface area contributed by atoms with Gasteiger partial charge in [-0.05, 0) is 29.7 Å². The van der Waals surface area contributed by atoms with E-state index in [1.165, 1.54) is 0 Å². The predicted molar refractivity (Wildman–Crippen MR) is 101 cm³/mol. The first kappa shape index (κ1) is 18.8. The van der Waals surface area contributed by atoms with Gasteiger partial charge in [-0.1, -0.05) is 61.5 Å². The largest absolute Gasteiger partial charge is 0.486 e. The van der Waals surface area contributed by atoms with E-state index in [0.717, 1.165) is 29.3 Å². The minimum Gasteiger partial charge on any atom is -0.486 e. The van der Waals surface area contributed by atoms with Gasteiger partial charge in [-0.2, -0.15) is 0 Å². The van der Waals surface area contributed by atoms with E-state index in [9.17, 15) is 13.6 Å². The third-order valence-corrected chi connectivity index (χ3v) is 4.45. The maximum absolute atomic E-state index is 13.6. The molecule has 0 aliphatic heterocycles. The predicted octanol–water partition coefficient (Wildman–Crippen LogP) is 5.92. The molecular formula is C23H20F2O2. The lowest BCUT2D eigenvalue weighted by molar-refractivity contribution is 0.0957. The first-order chi connectivity index (χ1) is 13.1. The Labute approximate surface area is 157 Å². The molecule has 0 aromatic heterocycles. The van der Waals surface area contributed by atoms with Crippen LogP contribution in [0.1, 0.15) is 40.7 Å². The smallest absolute Gasteiger partial charge is 0.170 e. The first-order valence-electron chi connectivity index (χ1n) is 8.84. The zero-order valence-electron chi connectivity index (χ0n) is 15.0. The van der Waals surface area contributed by atoms with Crippen LogP contribution in [-0.2, 0) is 6.61 Å². The van der Waals surface area contributed by atoms with Crippen molar-refractivity contribution < 1.29 is 18.3 Å². The molecule has 0 bridgehead atoms. The zero-order valence-corrected chi connectivity index (χ0v) is 15.0. The number of carbonyl (C=O) groups excluding carboxylic acids is 1. The standard InChI is InChI=1S/C23H20F2O2/c1-2-20(17-6-4-3-5-7-17)23(26)18-10-8-16(9-11-18)15-27-22-14-19(24)12-13-21(22)25/h3-14,20H,2,15H2,1H3. The van der Waals surface area contributed by atoms with Crippen molar-refractivity contribution >= 4 is 5.78 Å². The number of halogens is 2. The van der Waals surface area contributed by atoms with Crippen molar-refractivity contribution in [2.75, 3.05) is 0 Å². The molecule has 0 saturated heterocycles. The second-order valence-corrected chi connectivity index (χ2v) is 6.30. The Kier molecular flexibility index (Phi) is 5.97. The molecule has 0 N–H and O–H groups in total. The minimum absolute atomic E-state index is 0.0624. The van der Waals surface area contributed by atoms with Crippen LogP contribution >= 0.6 is 0 Å². The van der Waals surface area contributed by atoms with E-state index in [1.807, 2.05) is 37.3 Å². The summed E-state index contributed by atoms with van der Waals surface area (Å²) in [6.07, 6.45) is 0.715. The van der Waals surface area contributed by atoms with Gasteiger partial charge in [0.15, 0.2) is 17.3 Å². The Hall–Kier alpha value is -3.01. The van der Waals surface area contributed by atoms with Crippen molar-refractivity contribution in [2.24, 2.45) is 0 Å². The number of carbonyl (C=O) groups is 1. The molecule has 1 unspecified atom stereocenters. The maximum atomic E-state index is 13.6. The molecule has 0 aliphatic rings. The third-order valence-electron chi connectivity index (χ3n) is 4.45. The van der Waals surface area contributed by atoms with Crippen molar-refractivity contribution in [3.05, 3.63) is 101 Å². The summed E-state index contributed by atoms with van der Waals surface area (Å²) in [5, 5.41) is 0. The van der Waals surface area contributed by atoms with Crippen LogP contribution in [0.15, 0.2) is 72.8 Å². The summed E-state index contributed by atoms with van der Waals surface area (Å²) in [6.45, 7) is 2.08. The molecular weight excluding hydrogens is 346 g/mol. The summed E-state index contributed by atoms with van der Waals surface area (Å²) in [7, 11) is 0. The van der Waals surface area contributed by atoms with Gasteiger partial charge in [-0.3, -0.25) is 4.79 Å². The van der Waals surface area contributed by atoms with Crippen molar-refractivity contribution in [2.45, 2.75) is 25.9 Å². The molecule has 0 aliphatic carbocycles. The van der Waals surface area contributed by atoms with E-state index < -0.39 is 11.6 Å². The van der Waals surface area contributed by atoms with Crippen molar-refractivity contribution in [3.63, 3.8) is 0 Å². The molecule has 138 valence electrons. The molecule has 0 amide bonds. The fourth-order valence-corrected chi connectivity index (χ4v) is 2.97. The third kappa shape index (κ3) is 4.59. The van der Waals surface area contributed by atoms with E-state index in [4.69, 9.17) is 4.74 Å². The van der Waals surface area contributed by atoms with Crippen molar-refractivity contribution in [1.29, 1.82) is 0 Å². The Bertz CT molecular complexity index is 905. The highest BCUT2D eigenvalue weighted by atomic mass is 19.1. The van der Waals surface area contributed by atoms with Gasteiger partial charge >= 0.3 is 0 Å². The quantitative estimate of drug-likeness (QED) is 0.485. The highest BCUT2D eigenvalue weighted by Gasteiger charge is 2.20. The van der Waals surface area contributed by atoms with Gasteiger partial charge < -0.3 is 4.74 Å². The Morgan fingerprint density at radius 2 is 1.67 bits per heavy atom. The van der Waals surface area contributed by atoms with Gasteiger partial charge in [0.1, 0.15) is 12.4 Å². The number of rotatable bonds is 7. The molecule has 0 spiro atoms. The average molecular weight is 366 g/mol. The fourth-order valence-electron chi connectivity index (χ4n) is 2.97. The van der Waals surface area contributed by atoms with E-state index in [1.54, 1.807) is 24.3 Å². The summed E-state index contributed by atoms with van der Waals surface area (Å²) in [5.74, 6) is -1.43. The van der Waals surface area contributed by atoms with E-state index in [0.29, 0.717) is 12.0 Å². The summed E-state index contributed by atoms with van der Waals surface area (Å²) in [6, 6.07) is 19.8. The number of Topliss-reactive ketones (excluding diaryl/α,β-unsaturated/α-hetero) is 1. The molecule has 0 heterocycles. The number of ether oxygens (including phenoxy) is 1. The molecule has 0 radical (unpaired) electrons. The van der Waals surface area contributed by atoms with Crippen LogP contribution in [0.2, 0.25) is 0 Å². The average Bonchev–Trinajstić information content (AvgIpc) is 2.70. The lowest BCUT2D eigenvalue weighted by atomic mass is 9.88. The normalized spacial score (nSPS) is 11.8. The SMILES string of the molecule is CCC(C(=O)c1ccc(COc2cc(F)ccc2F)cc1)c1ccccc1. The second kappa shape index (κ2) is 8.58. The van der Waals surface area contributed by atoms with Gasteiger partial charge in [0.05, 0.1) is 0 Å². The molecule has 3 rings (SSSR count). The Balaban J connectivity index is 1.69. The van der Waals surface area contributed by atoms with Crippen molar-refractivity contribution in [3.8, 4) is 5.75 Å². The summed E-state index contributed by atoms with van der Waals surface area (Å²) in [4.78, 5) is 12.8. The number of ketones is 1. The summed E-state index contributed by atoms with van der Waals surface area (Å²) in [5.41, 5.74) is 2.38. The Morgan fingerprint density at radius 1 is 0.963 bits per heavy atom. The van der Waals surface area contributed by atoms with Gasteiger partial charge in [-0.25, -0.2) is 8.78 Å². The fraction of sp³-hybridized carbons (Fsp3) is 0.174. The van der Waals surface area contributed by atoms with Gasteiger partial charge in [-0.15, -0.1) is 0 Å². The molecule has 0 fully saturated rings. The van der Waals surface area contributed by atoms with Crippen LogP contribution in [0, 0.1) is 11.6 Å². The van der Waals surface area contributed by atoms with Crippen LogP contribution in [0.25, 0.3) is 0 Å². The van der Waals surface area contributed by atoms with Gasteiger partial charge in [0, 0.05) is 17.5 Å². The Morgan fingerprint density at radius 3 is 2.33 bits per heavy atom. The maximum Gasteiger partial charge on any atom is 0.170 e. The van der Waals surface area contributed by atoms with Crippen LogP contribution in [0.4, 0.5) is 8.78 Å². The van der Waals surface area contributed by atoms with Gasteiger partial charge in [0.25, 0.3) is 0 Å².